The smallest absolute Gasteiger partial charge is 0.336 e. The van der Waals surface area contributed by atoms with Crippen LogP contribution in [0.25, 0.3) is 11.5 Å². The molecule has 2 aromatic heterocycles. The van der Waals surface area contributed by atoms with E-state index in [1.165, 1.54) is 17.7 Å². The number of nitrogens with one attached hydrogen (secondary N) is 1. The molecule has 6 nitrogen and oxygen atoms in total. The van der Waals surface area contributed by atoms with Crippen LogP contribution in [0.4, 0.5) is 5.69 Å². The molecule has 0 saturated carbocycles. The van der Waals surface area contributed by atoms with Gasteiger partial charge in [-0.3, -0.25) is 0 Å². The Labute approximate surface area is 124 Å². The van der Waals surface area contributed by atoms with Crippen molar-refractivity contribution in [2.24, 2.45) is 0 Å². The third kappa shape index (κ3) is 3.09. The summed E-state index contributed by atoms with van der Waals surface area (Å²) in [4.78, 5) is 11.8. The van der Waals surface area contributed by atoms with Gasteiger partial charge in [0.15, 0.2) is 0 Å². The zero-order valence-electron chi connectivity index (χ0n) is 10.8. The highest BCUT2D eigenvalue weighted by Gasteiger charge is 2.07. The fourth-order valence-electron chi connectivity index (χ4n) is 1.84. The molecule has 2 N–H and O–H groups in total. The quantitative estimate of drug-likeness (QED) is 0.752. The van der Waals surface area contributed by atoms with E-state index in [9.17, 15) is 4.79 Å². The highest BCUT2D eigenvalue weighted by Crippen LogP contribution is 2.22. The van der Waals surface area contributed by atoms with Gasteiger partial charge in [-0.05, 0) is 24.3 Å². The number of aromatic nitrogens is 2. The van der Waals surface area contributed by atoms with E-state index in [1.807, 2.05) is 24.3 Å². The fourth-order valence-corrected chi connectivity index (χ4v) is 2.63. The Morgan fingerprint density at radius 2 is 2.29 bits per heavy atom. The molecule has 0 radical (unpaired) electrons. The van der Waals surface area contributed by atoms with Gasteiger partial charge in [0, 0.05) is 28.1 Å². The van der Waals surface area contributed by atoms with E-state index in [4.69, 9.17) is 9.52 Å². The number of hydrogen-bond donors (Lipinski definition) is 2. The number of nitrogens with zero attached hydrogens (tertiary/aromatic N) is 2. The summed E-state index contributed by atoms with van der Waals surface area (Å²) >= 11 is 1.41. The summed E-state index contributed by atoms with van der Waals surface area (Å²) < 4.78 is 5.15. The number of aromatic carboxylic acids is 1. The van der Waals surface area contributed by atoms with E-state index >= 15 is 0 Å². The maximum atomic E-state index is 10.8. The monoisotopic (exact) mass is 301 g/mol. The molecule has 0 unspecified atom stereocenters. The molecule has 0 saturated heterocycles. The highest BCUT2D eigenvalue weighted by atomic mass is 32.1. The molecule has 0 atom stereocenters. The lowest BCUT2D eigenvalue weighted by Gasteiger charge is -2.05. The SMILES string of the molecule is O=C(O)c1csc(CNc2cccc(-c3nnco3)c2)c1. The number of hydrogen-bond acceptors (Lipinski definition) is 6. The maximum Gasteiger partial charge on any atom is 0.336 e. The van der Waals surface area contributed by atoms with E-state index in [0.717, 1.165) is 16.1 Å². The molecule has 0 aliphatic carbocycles. The van der Waals surface area contributed by atoms with Crippen molar-refractivity contribution in [3.63, 3.8) is 0 Å². The molecule has 1 aromatic carbocycles. The summed E-state index contributed by atoms with van der Waals surface area (Å²) in [6.07, 6.45) is 1.29. The number of anilines is 1. The molecule has 0 aliphatic heterocycles. The molecule has 2 heterocycles. The summed E-state index contributed by atoms with van der Waals surface area (Å²) in [7, 11) is 0. The largest absolute Gasteiger partial charge is 0.478 e. The Balaban J connectivity index is 1.70. The normalized spacial score (nSPS) is 10.5. The number of carbonyl (C=O) groups is 1. The van der Waals surface area contributed by atoms with Crippen LogP contribution in [-0.2, 0) is 6.54 Å². The number of carboxylic acid groups (broad SMARTS) is 1. The van der Waals surface area contributed by atoms with Crippen molar-refractivity contribution in [1.29, 1.82) is 0 Å². The molecule has 0 fully saturated rings. The van der Waals surface area contributed by atoms with Crippen LogP contribution in [0.15, 0.2) is 46.5 Å². The van der Waals surface area contributed by atoms with Crippen LogP contribution in [0.1, 0.15) is 15.2 Å². The molecule has 3 aromatic rings. The standard InChI is InChI=1S/C14H11N3O3S/c18-14(19)10-5-12(21-7-10)6-15-11-3-1-2-9(4-11)13-17-16-8-20-13/h1-5,7-8,15H,6H2,(H,18,19). The molecular formula is C14H11N3O3S. The molecule has 0 bridgehead atoms. The lowest BCUT2D eigenvalue weighted by molar-refractivity contribution is 0.0697. The van der Waals surface area contributed by atoms with Gasteiger partial charge in [0.05, 0.1) is 5.56 Å². The molecule has 0 aliphatic rings. The molecule has 0 amide bonds. The molecular weight excluding hydrogens is 290 g/mol. The van der Waals surface area contributed by atoms with Gasteiger partial charge in [-0.2, -0.15) is 0 Å². The van der Waals surface area contributed by atoms with Crippen LogP contribution in [-0.4, -0.2) is 21.3 Å². The second-order valence-corrected chi connectivity index (χ2v) is 5.28. The van der Waals surface area contributed by atoms with Crippen molar-refractivity contribution in [3.05, 3.63) is 52.5 Å². The molecule has 3 rings (SSSR count). The minimum atomic E-state index is -0.907. The summed E-state index contributed by atoms with van der Waals surface area (Å²) in [5, 5.41) is 21.3. The van der Waals surface area contributed by atoms with Crippen LogP contribution in [0, 0.1) is 0 Å². The summed E-state index contributed by atoms with van der Waals surface area (Å²) in [5.41, 5.74) is 2.04. The van der Waals surface area contributed by atoms with Crippen molar-refractivity contribution in [1.82, 2.24) is 10.2 Å². The molecule has 106 valence electrons. The number of carboxylic acids is 1. The minimum absolute atomic E-state index is 0.316. The number of benzene rings is 1. The molecule has 7 heteroatoms. The second kappa shape index (κ2) is 5.76. The third-order valence-electron chi connectivity index (χ3n) is 2.84. The predicted octanol–water partition coefficient (Wildman–Crippen LogP) is 3.11. The van der Waals surface area contributed by atoms with Gasteiger partial charge in [-0.1, -0.05) is 6.07 Å². The second-order valence-electron chi connectivity index (χ2n) is 4.29. The van der Waals surface area contributed by atoms with Gasteiger partial charge in [0.25, 0.3) is 0 Å². The van der Waals surface area contributed by atoms with Crippen molar-refractivity contribution in [2.75, 3.05) is 5.32 Å². The van der Waals surface area contributed by atoms with Crippen molar-refractivity contribution in [2.45, 2.75) is 6.54 Å². The summed E-state index contributed by atoms with van der Waals surface area (Å²) in [5.74, 6) is -0.446. The van der Waals surface area contributed by atoms with E-state index < -0.39 is 5.97 Å². The van der Waals surface area contributed by atoms with E-state index in [2.05, 4.69) is 15.5 Å². The number of rotatable bonds is 5. The van der Waals surface area contributed by atoms with Crippen molar-refractivity contribution >= 4 is 23.0 Å². The molecule has 0 spiro atoms. The highest BCUT2D eigenvalue weighted by molar-refractivity contribution is 7.10. The average Bonchev–Trinajstić information content (AvgIpc) is 3.17. The van der Waals surface area contributed by atoms with Gasteiger partial charge in [-0.15, -0.1) is 21.5 Å². The summed E-state index contributed by atoms with van der Waals surface area (Å²) in [6.45, 7) is 0.561. The minimum Gasteiger partial charge on any atom is -0.478 e. The van der Waals surface area contributed by atoms with Crippen LogP contribution < -0.4 is 5.32 Å². The first-order chi connectivity index (χ1) is 10.2. The molecule has 21 heavy (non-hydrogen) atoms. The number of thiophene rings is 1. The van der Waals surface area contributed by atoms with E-state index in [1.54, 1.807) is 11.4 Å². The first-order valence-corrected chi connectivity index (χ1v) is 7.01. The van der Waals surface area contributed by atoms with Gasteiger partial charge in [-0.25, -0.2) is 4.79 Å². The Hall–Kier alpha value is -2.67. The van der Waals surface area contributed by atoms with Gasteiger partial charge >= 0.3 is 5.97 Å². The average molecular weight is 301 g/mol. The summed E-state index contributed by atoms with van der Waals surface area (Å²) in [6, 6.07) is 9.26. The van der Waals surface area contributed by atoms with Crippen molar-refractivity contribution in [3.8, 4) is 11.5 Å². The third-order valence-corrected chi connectivity index (χ3v) is 3.77. The van der Waals surface area contributed by atoms with E-state index in [-0.39, 0.29) is 0 Å². The Bertz CT molecular complexity index is 752. The first kappa shape index (κ1) is 13.3. The lowest BCUT2D eigenvalue weighted by Crippen LogP contribution is -1.98. The first-order valence-electron chi connectivity index (χ1n) is 6.13. The van der Waals surface area contributed by atoms with Crippen LogP contribution >= 0.6 is 11.3 Å². The zero-order valence-corrected chi connectivity index (χ0v) is 11.6. The van der Waals surface area contributed by atoms with Gasteiger partial charge in [0.1, 0.15) is 0 Å². The Morgan fingerprint density at radius 3 is 3.00 bits per heavy atom. The van der Waals surface area contributed by atoms with Crippen LogP contribution in [0.2, 0.25) is 0 Å². The van der Waals surface area contributed by atoms with Crippen LogP contribution in [0.5, 0.6) is 0 Å². The fraction of sp³-hybridized carbons (Fsp3) is 0.0714. The van der Waals surface area contributed by atoms with Crippen LogP contribution in [0.3, 0.4) is 0 Å². The predicted molar refractivity (Wildman–Crippen MR) is 78.3 cm³/mol. The van der Waals surface area contributed by atoms with E-state index in [0.29, 0.717) is 18.0 Å². The Kier molecular flexibility index (Phi) is 3.65. The lowest BCUT2D eigenvalue weighted by atomic mass is 10.2. The van der Waals surface area contributed by atoms with Gasteiger partial charge in [0.2, 0.25) is 12.3 Å². The maximum absolute atomic E-state index is 10.8. The van der Waals surface area contributed by atoms with Crippen molar-refractivity contribution < 1.29 is 14.3 Å². The zero-order chi connectivity index (χ0) is 14.7. The topological polar surface area (TPSA) is 88.2 Å². The van der Waals surface area contributed by atoms with Gasteiger partial charge < -0.3 is 14.8 Å². The Morgan fingerprint density at radius 1 is 1.38 bits per heavy atom.